The lowest BCUT2D eigenvalue weighted by Gasteiger charge is -2.06. The normalized spacial score (nSPS) is 17.5. The van der Waals surface area contributed by atoms with Gasteiger partial charge in [0.05, 0.1) is 0 Å². The molecule has 0 bridgehead atoms. The quantitative estimate of drug-likeness (QED) is 0.866. The number of amidine groups is 1. The van der Waals surface area contributed by atoms with Crippen molar-refractivity contribution >= 4 is 15.9 Å². The minimum Gasteiger partial charge on any atom is -0.485 e. The third-order valence-electron chi connectivity index (χ3n) is 2.07. The maximum absolute atomic E-state index is 13.2. The number of nitrogens with two attached hydrogens (primary N) is 1. The second kappa shape index (κ2) is 4.17. The van der Waals surface area contributed by atoms with E-state index in [0.717, 1.165) is 0 Å². The summed E-state index contributed by atoms with van der Waals surface area (Å²) < 4.78 is 44.2. The zero-order chi connectivity index (χ0) is 12.5. The number of sulfonamides is 1. The molecule has 17 heavy (non-hydrogen) atoms. The molecule has 2 rings (SSSR count). The van der Waals surface area contributed by atoms with E-state index in [1.54, 1.807) is 6.07 Å². The topological polar surface area (TPSA) is 81.8 Å². The predicted octanol–water partition coefficient (Wildman–Crippen LogP) is 0.789. The van der Waals surface area contributed by atoms with Crippen LogP contribution >= 0.6 is 0 Å². The van der Waals surface area contributed by atoms with Crippen LogP contribution in [0, 0.1) is 5.82 Å². The maximum atomic E-state index is 13.2. The molecule has 0 atom stereocenters. The monoisotopic (exact) mass is 256 g/mol. The smallest absolute Gasteiger partial charge is 0.283 e. The fourth-order valence-corrected chi connectivity index (χ4v) is 2.21. The minimum absolute atomic E-state index is 0.0194. The number of benzene rings is 1. The summed E-state index contributed by atoms with van der Waals surface area (Å²) >= 11 is 0. The molecule has 1 aromatic rings. The van der Waals surface area contributed by atoms with Gasteiger partial charge >= 0.3 is 0 Å². The van der Waals surface area contributed by atoms with Crippen LogP contribution in [-0.4, -0.2) is 20.9 Å². The Hall–Kier alpha value is -1.89. The average molecular weight is 256 g/mol. The number of nitrogens with zero attached hydrogens (tertiary/aromatic N) is 1. The second-order valence-corrected chi connectivity index (χ2v) is 4.98. The van der Waals surface area contributed by atoms with E-state index < -0.39 is 15.8 Å². The molecule has 0 saturated heterocycles. The lowest BCUT2D eigenvalue weighted by Crippen LogP contribution is -2.08. The molecular formula is C10H9FN2O3S. The number of ether oxygens (including phenoxy) is 1. The molecule has 90 valence electrons. The van der Waals surface area contributed by atoms with Crippen LogP contribution < -0.4 is 10.5 Å². The van der Waals surface area contributed by atoms with Crippen LogP contribution in [0.3, 0.4) is 0 Å². The van der Waals surface area contributed by atoms with Crippen LogP contribution in [0.5, 0.6) is 5.75 Å². The summed E-state index contributed by atoms with van der Waals surface area (Å²) in [6.45, 7) is -0.298. The van der Waals surface area contributed by atoms with Crippen molar-refractivity contribution in [1.82, 2.24) is 0 Å². The van der Waals surface area contributed by atoms with Gasteiger partial charge < -0.3 is 10.5 Å². The summed E-state index contributed by atoms with van der Waals surface area (Å²) in [5.74, 6) is -0.677. The molecule has 0 aliphatic carbocycles. The van der Waals surface area contributed by atoms with Crippen molar-refractivity contribution in [3.05, 3.63) is 41.1 Å². The number of hydrogen-bond acceptors (Lipinski definition) is 4. The Bertz CT molecular complexity index is 608. The largest absolute Gasteiger partial charge is 0.485 e. The van der Waals surface area contributed by atoms with Crippen molar-refractivity contribution < 1.29 is 17.5 Å². The number of rotatable bonds is 3. The summed E-state index contributed by atoms with van der Waals surface area (Å²) in [6, 6.07) is 5.72. The van der Waals surface area contributed by atoms with E-state index in [0.29, 0.717) is 0 Å². The fourth-order valence-electron chi connectivity index (χ4n) is 1.29. The van der Waals surface area contributed by atoms with Crippen molar-refractivity contribution in [3.63, 3.8) is 0 Å². The second-order valence-electron chi connectivity index (χ2n) is 3.32. The van der Waals surface area contributed by atoms with Crippen molar-refractivity contribution in [2.24, 2.45) is 10.1 Å². The van der Waals surface area contributed by atoms with Gasteiger partial charge in [-0.3, -0.25) is 0 Å². The molecular weight excluding hydrogens is 247 g/mol. The van der Waals surface area contributed by atoms with Crippen molar-refractivity contribution in [3.8, 4) is 5.75 Å². The Morgan fingerprint density at radius 3 is 2.65 bits per heavy atom. The van der Waals surface area contributed by atoms with E-state index in [4.69, 9.17) is 10.5 Å². The fraction of sp³-hybridized carbons (Fsp3) is 0.100. The molecule has 7 heteroatoms. The molecule has 1 aromatic carbocycles. The summed E-state index contributed by atoms with van der Waals surface area (Å²) in [7, 11) is -3.74. The molecule has 0 spiro atoms. The summed E-state index contributed by atoms with van der Waals surface area (Å²) in [5.41, 5.74) is 5.26. The first-order valence-corrected chi connectivity index (χ1v) is 6.11. The van der Waals surface area contributed by atoms with Gasteiger partial charge in [0.2, 0.25) is 0 Å². The van der Waals surface area contributed by atoms with E-state index in [2.05, 4.69) is 4.40 Å². The van der Waals surface area contributed by atoms with Crippen molar-refractivity contribution in [1.29, 1.82) is 0 Å². The molecule has 5 nitrogen and oxygen atoms in total. The van der Waals surface area contributed by atoms with E-state index in [1.165, 1.54) is 24.3 Å². The van der Waals surface area contributed by atoms with Gasteiger partial charge in [0.15, 0.2) is 11.6 Å². The molecule has 1 aliphatic heterocycles. The van der Waals surface area contributed by atoms with Crippen LogP contribution in [0.1, 0.15) is 0 Å². The first kappa shape index (κ1) is 11.6. The molecule has 0 aromatic heterocycles. The van der Waals surface area contributed by atoms with Gasteiger partial charge in [-0.05, 0) is 12.1 Å². The standard InChI is InChI=1S/C10H9FN2O3S/c11-8-3-1-2-4-9(8)16-6-7-5-10(12)13-17(7,14)15/h1-5H,6H2,(H2,12,13). The Morgan fingerprint density at radius 1 is 1.35 bits per heavy atom. The van der Waals surface area contributed by atoms with Gasteiger partial charge in [-0.25, -0.2) is 4.39 Å². The van der Waals surface area contributed by atoms with Gasteiger partial charge in [-0.1, -0.05) is 12.1 Å². The van der Waals surface area contributed by atoms with Crippen LogP contribution in [0.2, 0.25) is 0 Å². The molecule has 0 radical (unpaired) electrons. The van der Waals surface area contributed by atoms with Gasteiger partial charge in [0.25, 0.3) is 10.0 Å². The molecule has 0 unspecified atom stereocenters. The Morgan fingerprint density at radius 2 is 2.06 bits per heavy atom. The highest BCUT2D eigenvalue weighted by molar-refractivity contribution is 7.94. The minimum atomic E-state index is -3.74. The maximum Gasteiger partial charge on any atom is 0.283 e. The Balaban J connectivity index is 2.11. The highest BCUT2D eigenvalue weighted by Crippen LogP contribution is 2.20. The Kier molecular flexibility index (Phi) is 2.84. The van der Waals surface area contributed by atoms with Crippen LogP contribution in [0.25, 0.3) is 0 Å². The van der Waals surface area contributed by atoms with Crippen LogP contribution in [0.4, 0.5) is 4.39 Å². The SMILES string of the molecule is NC1=NS(=O)(=O)C(COc2ccccc2F)=C1. The van der Waals surface area contributed by atoms with Gasteiger partial charge in [-0.2, -0.15) is 8.42 Å². The first-order valence-electron chi connectivity index (χ1n) is 4.67. The number of halogens is 1. The summed E-state index contributed by atoms with van der Waals surface area (Å²) in [5, 5.41) is 0. The lowest BCUT2D eigenvalue weighted by atomic mass is 10.3. The summed E-state index contributed by atoms with van der Waals surface area (Å²) in [4.78, 5) is -0.0850. The molecule has 1 heterocycles. The Labute approximate surface area is 97.5 Å². The summed E-state index contributed by atoms with van der Waals surface area (Å²) in [6.07, 6.45) is 1.19. The zero-order valence-electron chi connectivity index (χ0n) is 8.63. The molecule has 1 aliphatic rings. The van der Waals surface area contributed by atoms with Crippen molar-refractivity contribution in [2.45, 2.75) is 0 Å². The average Bonchev–Trinajstić information content (AvgIpc) is 2.50. The molecule has 0 amide bonds. The van der Waals surface area contributed by atoms with Crippen molar-refractivity contribution in [2.75, 3.05) is 6.61 Å². The van der Waals surface area contributed by atoms with E-state index in [1.807, 2.05) is 0 Å². The molecule has 0 saturated carbocycles. The van der Waals surface area contributed by atoms with E-state index >= 15 is 0 Å². The number of hydrogen-bond donors (Lipinski definition) is 1. The predicted molar refractivity (Wildman–Crippen MR) is 60.5 cm³/mol. The third-order valence-corrected chi connectivity index (χ3v) is 3.42. The van der Waals surface area contributed by atoms with E-state index in [-0.39, 0.29) is 23.1 Å². The van der Waals surface area contributed by atoms with Crippen LogP contribution in [-0.2, 0) is 10.0 Å². The van der Waals surface area contributed by atoms with Gasteiger partial charge in [0.1, 0.15) is 17.3 Å². The third kappa shape index (κ3) is 2.44. The molecule has 0 fully saturated rings. The molecule has 2 N–H and O–H groups in total. The van der Waals surface area contributed by atoms with Crippen LogP contribution in [0.15, 0.2) is 39.6 Å². The lowest BCUT2D eigenvalue weighted by molar-refractivity contribution is 0.337. The highest BCUT2D eigenvalue weighted by atomic mass is 32.2. The number of para-hydroxylation sites is 1. The van der Waals surface area contributed by atoms with Gasteiger partial charge in [0, 0.05) is 6.08 Å². The van der Waals surface area contributed by atoms with Gasteiger partial charge in [-0.15, -0.1) is 4.40 Å². The first-order chi connectivity index (χ1) is 7.99. The zero-order valence-corrected chi connectivity index (χ0v) is 9.45. The van der Waals surface area contributed by atoms with E-state index in [9.17, 15) is 12.8 Å². The highest BCUT2D eigenvalue weighted by Gasteiger charge is 2.23.